The third kappa shape index (κ3) is 5.14. The zero-order valence-electron chi connectivity index (χ0n) is 18.2. The maximum Gasteiger partial charge on any atom is 0.260 e. The van der Waals surface area contributed by atoms with Gasteiger partial charge in [-0.15, -0.1) is 11.3 Å². The van der Waals surface area contributed by atoms with Gasteiger partial charge in [0.1, 0.15) is 5.75 Å². The number of benzene rings is 1. The minimum atomic E-state index is -0.0530. The van der Waals surface area contributed by atoms with Crippen molar-refractivity contribution in [2.45, 2.75) is 32.7 Å². The van der Waals surface area contributed by atoms with E-state index in [1.54, 1.807) is 16.7 Å². The van der Waals surface area contributed by atoms with E-state index in [1.165, 1.54) is 16.9 Å². The van der Waals surface area contributed by atoms with Gasteiger partial charge in [0.2, 0.25) is 0 Å². The molecule has 7 nitrogen and oxygen atoms in total. The fourth-order valence-corrected chi connectivity index (χ4v) is 4.38. The van der Waals surface area contributed by atoms with Crippen LogP contribution in [0, 0.1) is 0 Å². The van der Waals surface area contributed by atoms with Gasteiger partial charge in [-0.3, -0.25) is 18.9 Å². The van der Waals surface area contributed by atoms with Crippen LogP contribution in [0.25, 0.3) is 4.96 Å². The molecule has 1 aromatic carbocycles. The molecule has 1 saturated heterocycles. The summed E-state index contributed by atoms with van der Waals surface area (Å²) in [5.41, 5.74) is 2.04. The van der Waals surface area contributed by atoms with Gasteiger partial charge >= 0.3 is 0 Å². The van der Waals surface area contributed by atoms with Crippen molar-refractivity contribution in [2.75, 3.05) is 32.8 Å². The maximum atomic E-state index is 12.6. The van der Waals surface area contributed by atoms with Crippen LogP contribution in [0.5, 0.6) is 5.75 Å². The number of hydrogen-bond acceptors (Lipinski definition) is 6. The molecule has 1 aliphatic heterocycles. The molecular weight excluding hydrogens is 412 g/mol. The molecule has 0 radical (unpaired) electrons. The van der Waals surface area contributed by atoms with Crippen molar-refractivity contribution in [1.29, 1.82) is 0 Å². The average Bonchev–Trinajstić information content (AvgIpc) is 3.21. The highest BCUT2D eigenvalue weighted by atomic mass is 32.1. The van der Waals surface area contributed by atoms with Gasteiger partial charge in [-0.2, -0.15) is 0 Å². The number of carbonyl (C=O) groups excluding carboxylic acids is 1. The van der Waals surface area contributed by atoms with E-state index in [9.17, 15) is 9.59 Å². The monoisotopic (exact) mass is 440 g/mol. The van der Waals surface area contributed by atoms with Gasteiger partial charge in [0.05, 0.1) is 5.69 Å². The molecule has 0 aliphatic carbocycles. The molecule has 0 atom stereocenters. The smallest absolute Gasteiger partial charge is 0.260 e. The fourth-order valence-electron chi connectivity index (χ4n) is 3.64. The lowest BCUT2D eigenvalue weighted by Crippen LogP contribution is -2.49. The van der Waals surface area contributed by atoms with Crippen molar-refractivity contribution < 1.29 is 9.53 Å². The summed E-state index contributed by atoms with van der Waals surface area (Å²) in [7, 11) is 0. The second-order valence-corrected chi connectivity index (χ2v) is 9.73. The van der Waals surface area contributed by atoms with Gasteiger partial charge in [-0.05, 0) is 23.1 Å². The predicted molar refractivity (Wildman–Crippen MR) is 122 cm³/mol. The highest BCUT2D eigenvalue weighted by Crippen LogP contribution is 2.24. The Morgan fingerprint density at radius 1 is 1.13 bits per heavy atom. The first-order valence-electron chi connectivity index (χ1n) is 10.5. The SMILES string of the molecule is CC(C)(C)c1ccc(OCC(=O)N2CCN(Cc3cc(=O)n4ccsc4n3)CC2)cc1. The molecule has 1 amide bonds. The van der Waals surface area contributed by atoms with Crippen LogP contribution in [0.1, 0.15) is 32.0 Å². The molecule has 0 saturated carbocycles. The number of carbonyl (C=O) groups is 1. The topological polar surface area (TPSA) is 67.2 Å². The van der Waals surface area contributed by atoms with E-state index in [4.69, 9.17) is 4.74 Å². The number of nitrogens with zero attached hydrogens (tertiary/aromatic N) is 4. The second kappa shape index (κ2) is 8.80. The van der Waals surface area contributed by atoms with Crippen LogP contribution in [-0.4, -0.2) is 57.9 Å². The molecule has 4 rings (SSSR count). The Kier molecular flexibility index (Phi) is 6.11. The minimum Gasteiger partial charge on any atom is -0.484 e. The lowest BCUT2D eigenvalue weighted by atomic mass is 9.87. The van der Waals surface area contributed by atoms with E-state index in [2.05, 4.69) is 30.7 Å². The van der Waals surface area contributed by atoms with E-state index in [0.29, 0.717) is 30.3 Å². The van der Waals surface area contributed by atoms with Crippen LogP contribution in [0.3, 0.4) is 0 Å². The standard InChI is InChI=1S/C23H28N4O3S/c1-23(2,3)17-4-6-19(7-5-17)30-16-21(29)26-10-8-25(9-11-26)15-18-14-20(28)27-12-13-31-22(27)24-18/h4-7,12-14H,8-11,15-16H2,1-3H3. The van der Waals surface area contributed by atoms with Crippen LogP contribution >= 0.6 is 11.3 Å². The molecule has 2 aromatic heterocycles. The Balaban J connectivity index is 1.26. The Bertz CT molecular complexity index is 1110. The van der Waals surface area contributed by atoms with E-state index in [-0.39, 0.29) is 23.5 Å². The summed E-state index contributed by atoms with van der Waals surface area (Å²) in [4.78, 5) is 34.0. The summed E-state index contributed by atoms with van der Waals surface area (Å²) in [5, 5.41) is 1.86. The summed E-state index contributed by atoms with van der Waals surface area (Å²) in [5.74, 6) is 0.706. The molecular formula is C23H28N4O3S. The van der Waals surface area contributed by atoms with Crippen molar-refractivity contribution in [3.8, 4) is 5.75 Å². The van der Waals surface area contributed by atoms with E-state index >= 15 is 0 Å². The molecule has 3 heterocycles. The number of rotatable bonds is 5. The normalized spacial score (nSPS) is 15.4. The Morgan fingerprint density at radius 3 is 2.52 bits per heavy atom. The number of amides is 1. The van der Waals surface area contributed by atoms with Gasteiger partial charge < -0.3 is 9.64 Å². The third-order valence-electron chi connectivity index (χ3n) is 5.55. The summed E-state index contributed by atoms with van der Waals surface area (Å²) in [6.45, 7) is 9.94. The number of aromatic nitrogens is 2. The van der Waals surface area contributed by atoms with Gasteiger partial charge in [0.15, 0.2) is 11.6 Å². The van der Waals surface area contributed by atoms with Crippen molar-refractivity contribution >= 4 is 22.2 Å². The molecule has 31 heavy (non-hydrogen) atoms. The van der Waals surface area contributed by atoms with Crippen molar-refractivity contribution in [3.63, 3.8) is 0 Å². The van der Waals surface area contributed by atoms with E-state index < -0.39 is 0 Å². The molecule has 0 unspecified atom stereocenters. The zero-order valence-corrected chi connectivity index (χ0v) is 19.0. The summed E-state index contributed by atoms with van der Waals surface area (Å²) in [6, 6.07) is 9.53. The highest BCUT2D eigenvalue weighted by Gasteiger charge is 2.22. The molecule has 3 aromatic rings. The van der Waals surface area contributed by atoms with Gasteiger partial charge in [0.25, 0.3) is 11.5 Å². The number of thiazole rings is 1. The van der Waals surface area contributed by atoms with Gasteiger partial charge in [-0.25, -0.2) is 4.98 Å². The number of piperazine rings is 1. The largest absolute Gasteiger partial charge is 0.484 e. The first-order valence-corrected chi connectivity index (χ1v) is 11.4. The maximum absolute atomic E-state index is 12.6. The van der Waals surface area contributed by atoms with Crippen LogP contribution in [-0.2, 0) is 16.8 Å². The first-order chi connectivity index (χ1) is 14.8. The van der Waals surface area contributed by atoms with Crippen molar-refractivity contribution in [1.82, 2.24) is 19.2 Å². The molecule has 1 fully saturated rings. The summed E-state index contributed by atoms with van der Waals surface area (Å²) < 4.78 is 7.26. The van der Waals surface area contributed by atoms with Crippen molar-refractivity contribution in [3.05, 3.63) is 63.5 Å². The molecule has 0 spiro atoms. The average molecular weight is 441 g/mol. The molecule has 164 valence electrons. The van der Waals surface area contributed by atoms with Crippen molar-refractivity contribution in [2.24, 2.45) is 0 Å². The van der Waals surface area contributed by atoms with Crippen LogP contribution in [0.4, 0.5) is 0 Å². The van der Waals surface area contributed by atoms with Crippen LogP contribution < -0.4 is 10.3 Å². The van der Waals surface area contributed by atoms with Gasteiger partial charge in [0, 0.05) is 50.4 Å². The van der Waals surface area contributed by atoms with Crippen LogP contribution in [0.2, 0.25) is 0 Å². The highest BCUT2D eigenvalue weighted by molar-refractivity contribution is 7.15. The lowest BCUT2D eigenvalue weighted by molar-refractivity contribution is -0.135. The Morgan fingerprint density at radius 2 is 1.84 bits per heavy atom. The Hall–Kier alpha value is -2.71. The molecule has 0 bridgehead atoms. The Labute approximate surface area is 185 Å². The number of hydrogen-bond donors (Lipinski definition) is 0. The van der Waals surface area contributed by atoms with E-state index in [1.807, 2.05) is 34.5 Å². The quantitative estimate of drug-likeness (QED) is 0.610. The third-order valence-corrected chi connectivity index (χ3v) is 6.31. The summed E-state index contributed by atoms with van der Waals surface area (Å²) >= 11 is 1.45. The predicted octanol–water partition coefficient (Wildman–Crippen LogP) is 2.78. The molecule has 1 aliphatic rings. The summed E-state index contributed by atoms with van der Waals surface area (Å²) in [6.07, 6.45) is 1.74. The van der Waals surface area contributed by atoms with E-state index in [0.717, 1.165) is 18.8 Å². The first kappa shape index (κ1) is 21.5. The molecule has 0 N–H and O–H groups in total. The van der Waals surface area contributed by atoms with Crippen LogP contribution in [0.15, 0.2) is 46.7 Å². The zero-order chi connectivity index (χ0) is 22.0. The number of ether oxygens (including phenoxy) is 1. The van der Waals surface area contributed by atoms with Gasteiger partial charge in [-0.1, -0.05) is 32.9 Å². The fraction of sp³-hybridized carbons (Fsp3) is 0.435. The minimum absolute atomic E-state index is 0.00378. The lowest BCUT2D eigenvalue weighted by Gasteiger charge is -2.34. The second-order valence-electron chi connectivity index (χ2n) is 8.86. The number of fused-ring (bicyclic) bond motifs is 1. The molecule has 8 heteroatoms.